The molecule has 4 nitrogen and oxygen atoms in total. The summed E-state index contributed by atoms with van der Waals surface area (Å²) < 4.78 is 19.4. The maximum atomic E-state index is 13.7. The third-order valence-electron chi connectivity index (χ3n) is 3.37. The highest BCUT2D eigenvalue weighted by molar-refractivity contribution is 6.36. The van der Waals surface area contributed by atoms with Crippen LogP contribution in [-0.4, -0.2) is 15.0 Å². The van der Waals surface area contributed by atoms with Crippen LogP contribution in [0.5, 0.6) is 5.88 Å². The van der Waals surface area contributed by atoms with E-state index in [1.165, 1.54) is 18.3 Å². The summed E-state index contributed by atoms with van der Waals surface area (Å²) in [6, 6.07) is 6.29. The molecule has 0 fully saturated rings. The van der Waals surface area contributed by atoms with Crippen molar-refractivity contribution in [3.8, 4) is 17.1 Å². The molecule has 3 rings (SSSR count). The molecule has 122 valence electrons. The summed E-state index contributed by atoms with van der Waals surface area (Å²) in [7, 11) is 0. The van der Waals surface area contributed by atoms with Crippen molar-refractivity contribution in [2.24, 2.45) is 0 Å². The number of nitrogens with zero attached hydrogens (tertiary/aromatic N) is 3. The molecule has 7 heteroatoms. The predicted molar refractivity (Wildman–Crippen MR) is 90.7 cm³/mol. The molecule has 2 aromatic heterocycles. The van der Waals surface area contributed by atoms with E-state index < -0.39 is 11.9 Å². The van der Waals surface area contributed by atoms with Crippen LogP contribution in [0.25, 0.3) is 11.3 Å². The Hall–Kier alpha value is -2.24. The Kier molecular flexibility index (Phi) is 4.92. The zero-order chi connectivity index (χ0) is 17.1. The van der Waals surface area contributed by atoms with Gasteiger partial charge in [0.15, 0.2) is 0 Å². The van der Waals surface area contributed by atoms with Gasteiger partial charge in [-0.25, -0.2) is 9.37 Å². The molecule has 0 spiro atoms. The third kappa shape index (κ3) is 3.47. The molecule has 0 N–H and O–H groups in total. The van der Waals surface area contributed by atoms with Gasteiger partial charge in [0.2, 0.25) is 5.88 Å². The molecule has 1 aromatic carbocycles. The van der Waals surface area contributed by atoms with Crippen LogP contribution >= 0.6 is 23.2 Å². The van der Waals surface area contributed by atoms with Crippen LogP contribution in [0.1, 0.15) is 18.6 Å². The van der Waals surface area contributed by atoms with Crippen molar-refractivity contribution < 1.29 is 9.13 Å². The van der Waals surface area contributed by atoms with Gasteiger partial charge in [0.1, 0.15) is 11.9 Å². The van der Waals surface area contributed by atoms with E-state index in [2.05, 4.69) is 15.0 Å². The Labute approximate surface area is 148 Å². The van der Waals surface area contributed by atoms with E-state index in [0.29, 0.717) is 16.3 Å². The lowest BCUT2D eigenvalue weighted by Gasteiger charge is -2.17. The highest BCUT2D eigenvalue weighted by atomic mass is 35.5. The third-order valence-corrected chi connectivity index (χ3v) is 4.09. The van der Waals surface area contributed by atoms with E-state index in [1.807, 2.05) is 12.1 Å². The minimum atomic E-state index is -0.595. The normalized spacial score (nSPS) is 12.0. The van der Waals surface area contributed by atoms with Crippen LogP contribution in [0, 0.1) is 5.82 Å². The van der Waals surface area contributed by atoms with Crippen molar-refractivity contribution in [1.82, 2.24) is 15.0 Å². The van der Waals surface area contributed by atoms with E-state index >= 15 is 0 Å². The fraction of sp³-hybridized carbons (Fsp3) is 0.118. The van der Waals surface area contributed by atoms with Gasteiger partial charge in [0.05, 0.1) is 23.1 Å². The average Bonchev–Trinajstić information content (AvgIpc) is 2.59. The molecular weight excluding hydrogens is 352 g/mol. The van der Waals surface area contributed by atoms with Crippen LogP contribution in [0.15, 0.2) is 49.1 Å². The molecule has 0 aliphatic heterocycles. The molecule has 1 atom stereocenters. The monoisotopic (exact) mass is 363 g/mol. The maximum Gasteiger partial charge on any atom is 0.233 e. The fourth-order valence-corrected chi connectivity index (χ4v) is 2.90. The second kappa shape index (κ2) is 7.11. The van der Waals surface area contributed by atoms with E-state index in [9.17, 15) is 4.39 Å². The first-order valence-corrected chi connectivity index (χ1v) is 7.84. The molecule has 0 bridgehead atoms. The van der Waals surface area contributed by atoms with E-state index in [1.54, 1.807) is 25.5 Å². The van der Waals surface area contributed by atoms with Crippen LogP contribution in [0.4, 0.5) is 4.39 Å². The van der Waals surface area contributed by atoms with E-state index in [0.717, 1.165) is 5.56 Å². The second-order valence-corrected chi connectivity index (χ2v) is 5.78. The maximum absolute atomic E-state index is 13.7. The number of rotatable bonds is 4. The predicted octanol–water partition coefficient (Wildman–Crippen LogP) is 5.12. The van der Waals surface area contributed by atoms with Crippen molar-refractivity contribution >= 4 is 23.2 Å². The van der Waals surface area contributed by atoms with Crippen molar-refractivity contribution in [3.63, 3.8) is 0 Å². The van der Waals surface area contributed by atoms with Gasteiger partial charge < -0.3 is 4.74 Å². The summed E-state index contributed by atoms with van der Waals surface area (Å²) in [5.74, 6) is -0.267. The SMILES string of the molecule is CC(Oc1cncc(-c2ccncc2)n1)c1c(Cl)ccc(F)c1Cl. The smallest absolute Gasteiger partial charge is 0.233 e. The lowest BCUT2D eigenvalue weighted by atomic mass is 10.1. The zero-order valence-electron chi connectivity index (χ0n) is 12.6. The van der Waals surface area contributed by atoms with Crippen molar-refractivity contribution in [2.45, 2.75) is 13.0 Å². The van der Waals surface area contributed by atoms with E-state index in [4.69, 9.17) is 27.9 Å². The van der Waals surface area contributed by atoms with Gasteiger partial charge in [-0.2, -0.15) is 0 Å². The molecule has 1 unspecified atom stereocenters. The molecule has 2 heterocycles. The number of benzene rings is 1. The van der Waals surface area contributed by atoms with Crippen LogP contribution in [0.2, 0.25) is 10.0 Å². The van der Waals surface area contributed by atoms with Crippen molar-refractivity contribution in [3.05, 3.63) is 70.5 Å². The average molecular weight is 364 g/mol. The first-order valence-electron chi connectivity index (χ1n) is 7.08. The Morgan fingerprint density at radius 2 is 1.79 bits per heavy atom. The summed E-state index contributed by atoms with van der Waals surface area (Å²) in [5, 5.41) is 0.264. The number of hydrogen-bond acceptors (Lipinski definition) is 4. The van der Waals surface area contributed by atoms with Gasteiger partial charge in [-0.15, -0.1) is 0 Å². The lowest BCUT2D eigenvalue weighted by Crippen LogP contribution is -2.07. The molecule has 0 radical (unpaired) electrons. The number of ether oxygens (including phenoxy) is 1. The molecule has 0 amide bonds. The van der Waals surface area contributed by atoms with E-state index in [-0.39, 0.29) is 10.9 Å². The second-order valence-electron chi connectivity index (χ2n) is 5.00. The summed E-state index contributed by atoms with van der Waals surface area (Å²) in [5.41, 5.74) is 1.87. The molecule has 0 saturated heterocycles. The number of halogens is 3. The molecular formula is C17H12Cl2FN3O. The van der Waals surface area contributed by atoms with Gasteiger partial charge >= 0.3 is 0 Å². The van der Waals surface area contributed by atoms with Gasteiger partial charge in [-0.05, 0) is 31.2 Å². The first-order chi connectivity index (χ1) is 11.6. The summed E-state index contributed by atoms with van der Waals surface area (Å²) in [6.45, 7) is 1.72. The molecule has 0 saturated carbocycles. The topological polar surface area (TPSA) is 47.9 Å². The summed E-state index contributed by atoms with van der Waals surface area (Å²) >= 11 is 12.1. The van der Waals surface area contributed by atoms with Gasteiger partial charge in [-0.1, -0.05) is 23.2 Å². The van der Waals surface area contributed by atoms with Gasteiger partial charge in [-0.3, -0.25) is 9.97 Å². The fourth-order valence-electron chi connectivity index (χ4n) is 2.22. The van der Waals surface area contributed by atoms with Crippen LogP contribution in [-0.2, 0) is 0 Å². The van der Waals surface area contributed by atoms with Crippen molar-refractivity contribution in [2.75, 3.05) is 0 Å². The summed E-state index contributed by atoms with van der Waals surface area (Å²) in [6.07, 6.45) is 5.83. The Balaban J connectivity index is 1.88. The van der Waals surface area contributed by atoms with Crippen molar-refractivity contribution in [1.29, 1.82) is 0 Å². The molecule has 24 heavy (non-hydrogen) atoms. The minimum absolute atomic E-state index is 0.0618. The largest absolute Gasteiger partial charge is 0.469 e. The highest BCUT2D eigenvalue weighted by Gasteiger charge is 2.19. The lowest BCUT2D eigenvalue weighted by molar-refractivity contribution is 0.216. The quantitative estimate of drug-likeness (QED) is 0.603. The van der Waals surface area contributed by atoms with Gasteiger partial charge in [0.25, 0.3) is 0 Å². The summed E-state index contributed by atoms with van der Waals surface area (Å²) in [4.78, 5) is 12.5. The molecule has 3 aromatic rings. The minimum Gasteiger partial charge on any atom is -0.469 e. The number of hydrogen-bond donors (Lipinski definition) is 0. The number of pyridine rings is 1. The number of aromatic nitrogens is 3. The Morgan fingerprint density at radius 1 is 1.04 bits per heavy atom. The molecule has 0 aliphatic rings. The zero-order valence-corrected chi connectivity index (χ0v) is 14.1. The van der Waals surface area contributed by atoms with Crippen LogP contribution < -0.4 is 4.74 Å². The Bertz CT molecular complexity index is 862. The first kappa shape index (κ1) is 16.6. The van der Waals surface area contributed by atoms with Gasteiger partial charge in [0, 0.05) is 28.5 Å². The van der Waals surface area contributed by atoms with Crippen LogP contribution in [0.3, 0.4) is 0 Å². The highest BCUT2D eigenvalue weighted by Crippen LogP contribution is 2.34. The Morgan fingerprint density at radius 3 is 2.54 bits per heavy atom. The molecule has 0 aliphatic carbocycles. The standard InChI is InChI=1S/C17H12Cl2FN3O/c1-10(16-12(18)2-3-13(20)17(16)19)24-15-9-22-8-14(23-15)11-4-6-21-7-5-11/h2-10H,1H3.